The highest BCUT2D eigenvalue weighted by Crippen LogP contribution is 2.18. The molecule has 5 nitrogen and oxygen atoms in total. The Bertz CT molecular complexity index is 569. The molecule has 2 rings (SSSR count). The van der Waals surface area contributed by atoms with Crippen molar-refractivity contribution < 1.29 is 21.9 Å². The number of nitrogens with one attached hydrogen (secondary N) is 1. The second-order valence-corrected chi connectivity index (χ2v) is 6.60. The average molecular weight is 320 g/mol. The van der Waals surface area contributed by atoms with Gasteiger partial charge in [-0.25, -0.2) is 21.9 Å². The van der Waals surface area contributed by atoms with Crippen LogP contribution in [0.1, 0.15) is 6.92 Å². The lowest BCUT2D eigenvalue weighted by molar-refractivity contribution is 0.0213. The van der Waals surface area contributed by atoms with Crippen molar-refractivity contribution in [3.63, 3.8) is 0 Å². The Hall–Kier alpha value is -1.09. The summed E-state index contributed by atoms with van der Waals surface area (Å²) in [6, 6.07) is 2.88. The van der Waals surface area contributed by atoms with E-state index >= 15 is 0 Å². The summed E-state index contributed by atoms with van der Waals surface area (Å²) < 4.78 is 58.6. The largest absolute Gasteiger partial charge is 0.379 e. The van der Waals surface area contributed by atoms with E-state index < -0.39 is 26.6 Å². The maximum atomic E-state index is 13.5. The van der Waals surface area contributed by atoms with Gasteiger partial charge in [-0.15, -0.1) is 0 Å². The van der Waals surface area contributed by atoms with Crippen LogP contribution in [0, 0.1) is 11.6 Å². The zero-order valence-corrected chi connectivity index (χ0v) is 12.5. The molecule has 1 aliphatic rings. The molecule has 0 bridgehead atoms. The number of morpholine rings is 1. The van der Waals surface area contributed by atoms with Crippen LogP contribution in [0.2, 0.25) is 0 Å². The van der Waals surface area contributed by atoms with Crippen molar-refractivity contribution in [2.24, 2.45) is 0 Å². The summed E-state index contributed by atoms with van der Waals surface area (Å²) in [5, 5.41) is 0. The molecule has 0 aliphatic carbocycles. The van der Waals surface area contributed by atoms with Crippen LogP contribution in [0.5, 0.6) is 0 Å². The standard InChI is InChI=1S/C13H18F2N2O3S/c1-10(17-5-7-20-8-6-17)9-16-21(18,19)13-11(14)3-2-4-12(13)15/h2-4,10,16H,5-9H2,1H3. The highest BCUT2D eigenvalue weighted by atomic mass is 32.2. The number of benzene rings is 1. The SMILES string of the molecule is CC(CNS(=O)(=O)c1c(F)cccc1F)N1CCOCC1. The monoisotopic (exact) mass is 320 g/mol. The van der Waals surface area contributed by atoms with Gasteiger partial charge in [-0.2, -0.15) is 0 Å². The highest BCUT2D eigenvalue weighted by Gasteiger charge is 2.25. The molecule has 0 saturated carbocycles. The predicted octanol–water partition coefficient (Wildman–Crippen LogP) is 0.964. The zero-order valence-electron chi connectivity index (χ0n) is 11.7. The van der Waals surface area contributed by atoms with Crippen LogP contribution in [-0.2, 0) is 14.8 Å². The summed E-state index contributed by atoms with van der Waals surface area (Å²) in [7, 11) is -4.21. The van der Waals surface area contributed by atoms with Gasteiger partial charge in [-0.05, 0) is 19.1 Å². The molecule has 1 aliphatic heterocycles. The Labute approximate surface area is 122 Å². The van der Waals surface area contributed by atoms with Crippen molar-refractivity contribution in [3.8, 4) is 0 Å². The van der Waals surface area contributed by atoms with Crippen LogP contribution in [-0.4, -0.2) is 52.2 Å². The summed E-state index contributed by atoms with van der Waals surface area (Å²) in [5.74, 6) is -2.19. The molecule has 8 heteroatoms. The number of hydrogen-bond acceptors (Lipinski definition) is 4. The molecule has 0 aromatic heterocycles. The van der Waals surface area contributed by atoms with E-state index in [1.807, 2.05) is 6.92 Å². The molecule has 1 aromatic carbocycles. The van der Waals surface area contributed by atoms with Crippen LogP contribution in [0.4, 0.5) is 8.78 Å². The van der Waals surface area contributed by atoms with Gasteiger partial charge in [0, 0.05) is 25.7 Å². The Kier molecular flexibility index (Phi) is 5.26. The lowest BCUT2D eigenvalue weighted by atomic mass is 10.2. The first-order chi connectivity index (χ1) is 9.92. The van der Waals surface area contributed by atoms with E-state index in [1.165, 1.54) is 0 Å². The topological polar surface area (TPSA) is 58.6 Å². The summed E-state index contributed by atoms with van der Waals surface area (Å²) in [4.78, 5) is 1.13. The molecule has 1 aromatic rings. The quantitative estimate of drug-likeness (QED) is 0.878. The zero-order chi connectivity index (χ0) is 15.5. The van der Waals surface area contributed by atoms with Gasteiger partial charge < -0.3 is 4.74 Å². The fourth-order valence-corrected chi connectivity index (χ4v) is 3.44. The molecule has 1 unspecified atom stereocenters. The molecule has 1 fully saturated rings. The first kappa shape index (κ1) is 16.3. The molecule has 21 heavy (non-hydrogen) atoms. The Morgan fingerprint density at radius 2 is 1.86 bits per heavy atom. The lowest BCUT2D eigenvalue weighted by Gasteiger charge is -2.32. The molecular formula is C13H18F2N2O3S. The van der Waals surface area contributed by atoms with E-state index in [2.05, 4.69) is 9.62 Å². The number of halogens is 2. The molecular weight excluding hydrogens is 302 g/mol. The van der Waals surface area contributed by atoms with Gasteiger partial charge in [0.15, 0.2) is 4.90 Å². The number of sulfonamides is 1. The third kappa shape index (κ3) is 3.97. The van der Waals surface area contributed by atoms with E-state index in [-0.39, 0.29) is 12.6 Å². The van der Waals surface area contributed by atoms with Crippen LogP contribution in [0.15, 0.2) is 23.1 Å². The van der Waals surface area contributed by atoms with E-state index in [9.17, 15) is 17.2 Å². The molecule has 0 spiro atoms. The minimum Gasteiger partial charge on any atom is -0.379 e. The predicted molar refractivity (Wildman–Crippen MR) is 73.4 cm³/mol. The fraction of sp³-hybridized carbons (Fsp3) is 0.538. The van der Waals surface area contributed by atoms with E-state index in [0.29, 0.717) is 26.3 Å². The van der Waals surface area contributed by atoms with Gasteiger partial charge in [0.1, 0.15) is 11.6 Å². The lowest BCUT2D eigenvalue weighted by Crippen LogP contribution is -2.47. The third-order valence-corrected chi connectivity index (χ3v) is 4.90. The first-order valence-electron chi connectivity index (χ1n) is 6.67. The molecule has 1 N–H and O–H groups in total. The van der Waals surface area contributed by atoms with Gasteiger partial charge in [0.2, 0.25) is 10.0 Å². The average Bonchev–Trinajstić information content (AvgIpc) is 2.45. The van der Waals surface area contributed by atoms with Crippen molar-refractivity contribution in [1.82, 2.24) is 9.62 Å². The molecule has 1 heterocycles. The van der Waals surface area contributed by atoms with Crippen LogP contribution in [0.25, 0.3) is 0 Å². The van der Waals surface area contributed by atoms with Crippen LogP contribution >= 0.6 is 0 Å². The third-order valence-electron chi connectivity index (χ3n) is 3.43. The van der Waals surface area contributed by atoms with Crippen molar-refractivity contribution in [2.45, 2.75) is 17.9 Å². The van der Waals surface area contributed by atoms with Crippen molar-refractivity contribution in [1.29, 1.82) is 0 Å². The molecule has 0 amide bonds. The van der Waals surface area contributed by atoms with Crippen LogP contribution < -0.4 is 4.72 Å². The van der Waals surface area contributed by atoms with Gasteiger partial charge in [0.05, 0.1) is 13.2 Å². The Balaban J connectivity index is 2.04. The first-order valence-corrected chi connectivity index (χ1v) is 8.15. The number of nitrogens with zero attached hydrogens (tertiary/aromatic N) is 1. The smallest absolute Gasteiger partial charge is 0.246 e. The van der Waals surface area contributed by atoms with Crippen molar-refractivity contribution in [3.05, 3.63) is 29.8 Å². The van der Waals surface area contributed by atoms with Crippen molar-refractivity contribution >= 4 is 10.0 Å². The molecule has 118 valence electrons. The second-order valence-electron chi connectivity index (χ2n) is 4.90. The minimum absolute atomic E-state index is 0.0795. The maximum absolute atomic E-state index is 13.5. The Morgan fingerprint density at radius 1 is 1.29 bits per heavy atom. The normalized spacial score (nSPS) is 18.6. The molecule has 0 radical (unpaired) electrons. The number of rotatable bonds is 5. The van der Waals surface area contributed by atoms with E-state index in [4.69, 9.17) is 4.74 Å². The summed E-state index contributed by atoms with van der Waals surface area (Å²) in [6.45, 7) is 4.54. The highest BCUT2D eigenvalue weighted by molar-refractivity contribution is 7.89. The summed E-state index contributed by atoms with van der Waals surface area (Å²) in [6.07, 6.45) is 0. The van der Waals surface area contributed by atoms with E-state index in [1.54, 1.807) is 0 Å². The Morgan fingerprint density at radius 3 is 2.43 bits per heavy atom. The van der Waals surface area contributed by atoms with E-state index in [0.717, 1.165) is 18.2 Å². The summed E-state index contributed by atoms with van der Waals surface area (Å²) in [5.41, 5.74) is 0. The second kappa shape index (κ2) is 6.78. The summed E-state index contributed by atoms with van der Waals surface area (Å²) >= 11 is 0. The van der Waals surface area contributed by atoms with Crippen molar-refractivity contribution in [2.75, 3.05) is 32.8 Å². The van der Waals surface area contributed by atoms with Gasteiger partial charge >= 0.3 is 0 Å². The molecule has 1 saturated heterocycles. The maximum Gasteiger partial charge on any atom is 0.246 e. The molecule has 1 atom stereocenters. The van der Waals surface area contributed by atoms with Gasteiger partial charge in [-0.3, -0.25) is 4.90 Å². The van der Waals surface area contributed by atoms with Gasteiger partial charge in [-0.1, -0.05) is 6.07 Å². The fourth-order valence-electron chi connectivity index (χ4n) is 2.19. The van der Waals surface area contributed by atoms with Crippen LogP contribution in [0.3, 0.4) is 0 Å². The van der Waals surface area contributed by atoms with Gasteiger partial charge in [0.25, 0.3) is 0 Å². The number of hydrogen-bond donors (Lipinski definition) is 1. The number of ether oxygens (including phenoxy) is 1. The minimum atomic E-state index is -4.21.